The molecule has 10 nitrogen and oxygen atoms in total. The maximum atomic E-state index is 10.7. The molecule has 30 heavy (non-hydrogen) atoms. The summed E-state index contributed by atoms with van der Waals surface area (Å²) in [5.74, 6) is -0.0139. The first kappa shape index (κ1) is 31.0. The predicted octanol–water partition coefficient (Wildman–Crippen LogP) is 0.909. The monoisotopic (exact) mass is 500 g/mol. The van der Waals surface area contributed by atoms with E-state index in [1.54, 1.807) is 0 Å². The number of hydrogen-bond acceptors (Lipinski definition) is 5. The molecule has 3 aliphatic rings. The molecule has 1 atom stereocenters. The standard InChI is InChI=1S/C6H11NO4S.2C6H11NO.Cu.H2O/c8-6-5(12(9,10)11)3-1-2-4-7-6;2*8-6-4-2-1-3-5-7-6;;/h5H,1-4H2,(H,7,8)(H,9,10,11);2*1-5H2,(H,7,8);;1H2. The Hall–Kier alpha value is -1.20. The number of hydrogen-bond donors (Lipinski definition) is 4. The second-order valence-electron chi connectivity index (χ2n) is 7.06. The Morgan fingerprint density at radius 2 is 1.33 bits per heavy atom. The molecular weight excluding hydrogens is 466 g/mol. The summed E-state index contributed by atoms with van der Waals surface area (Å²) in [6.45, 7) is 2.20. The number of carbonyl (C=O) groups is 2. The average molecular weight is 501 g/mol. The Morgan fingerprint density at radius 1 is 0.833 bits per heavy atom. The molecule has 0 spiro atoms. The van der Waals surface area contributed by atoms with Crippen LogP contribution in [0.25, 0.3) is 0 Å². The van der Waals surface area contributed by atoms with Gasteiger partial charge in [-0.15, -0.1) is 0 Å². The van der Waals surface area contributed by atoms with Crippen molar-refractivity contribution in [1.82, 2.24) is 10.6 Å². The van der Waals surface area contributed by atoms with Gasteiger partial charge in [-0.05, 0) is 44.9 Å². The van der Waals surface area contributed by atoms with Crippen molar-refractivity contribution >= 4 is 27.8 Å². The second kappa shape index (κ2) is 17.5. The maximum absolute atomic E-state index is 10.7. The first-order valence-corrected chi connectivity index (χ1v) is 11.5. The fraction of sp³-hybridized carbons (Fsp3) is 0.833. The van der Waals surface area contributed by atoms with E-state index in [0.717, 1.165) is 58.0 Å². The fourth-order valence-electron chi connectivity index (χ4n) is 2.96. The summed E-state index contributed by atoms with van der Waals surface area (Å²) in [4.78, 5) is 24.7. The van der Waals surface area contributed by atoms with E-state index >= 15 is 0 Å². The molecule has 0 saturated carbocycles. The summed E-state index contributed by atoms with van der Waals surface area (Å²) >= 11 is 0. The van der Waals surface area contributed by atoms with Crippen LogP contribution in [0.1, 0.15) is 70.6 Å². The second-order valence-corrected chi connectivity index (χ2v) is 8.66. The van der Waals surface area contributed by atoms with Crippen LogP contribution < -0.4 is 10.6 Å². The molecule has 0 bridgehead atoms. The number of aliphatic hydroxyl groups excluding tert-OH is 1. The molecule has 2 amide bonds. The van der Waals surface area contributed by atoms with Gasteiger partial charge in [-0.1, -0.05) is 12.8 Å². The van der Waals surface area contributed by atoms with Crippen LogP contribution >= 0.6 is 0 Å². The number of nitrogens with one attached hydrogen (secondary N) is 2. The van der Waals surface area contributed by atoms with Gasteiger partial charge in [0.2, 0.25) is 17.7 Å². The Labute approximate surface area is 189 Å². The molecule has 3 rings (SSSR count). The van der Waals surface area contributed by atoms with Gasteiger partial charge in [0, 0.05) is 49.5 Å². The Morgan fingerprint density at radius 3 is 1.80 bits per heavy atom. The van der Waals surface area contributed by atoms with Gasteiger partial charge in [0.05, 0.1) is 0 Å². The summed E-state index contributed by atoms with van der Waals surface area (Å²) in [5, 5.41) is 13.5. The summed E-state index contributed by atoms with van der Waals surface area (Å²) in [6, 6.07) is 0. The minimum absolute atomic E-state index is 0. The predicted molar refractivity (Wildman–Crippen MR) is 111 cm³/mol. The zero-order valence-corrected chi connectivity index (χ0v) is 18.9. The molecule has 1 radical (unpaired) electrons. The van der Waals surface area contributed by atoms with Crippen molar-refractivity contribution in [3.8, 4) is 0 Å². The molecule has 2 fully saturated rings. The molecule has 3 heterocycles. The minimum Gasteiger partial charge on any atom is -0.496 e. The van der Waals surface area contributed by atoms with E-state index in [-0.39, 0.29) is 40.8 Å². The summed E-state index contributed by atoms with van der Waals surface area (Å²) in [5.41, 5.74) is 0. The Kier molecular flexibility index (Phi) is 18.1. The third-order valence-corrected chi connectivity index (χ3v) is 5.77. The molecule has 0 aromatic carbocycles. The van der Waals surface area contributed by atoms with Gasteiger partial charge in [-0.2, -0.15) is 8.42 Å². The van der Waals surface area contributed by atoms with Crippen LogP contribution in [0.5, 0.6) is 0 Å². The van der Waals surface area contributed by atoms with Crippen molar-refractivity contribution in [3.05, 3.63) is 0 Å². The summed E-state index contributed by atoms with van der Waals surface area (Å²) in [7, 11) is -4.18. The number of aliphatic imine (C=N–C) groups is 1. The number of carbonyl (C=O) groups excluding carboxylic acids is 2. The summed E-state index contributed by atoms with van der Waals surface area (Å²) < 4.78 is 30.0. The first-order chi connectivity index (χ1) is 13.3. The van der Waals surface area contributed by atoms with Crippen molar-refractivity contribution in [1.29, 1.82) is 0 Å². The van der Waals surface area contributed by atoms with E-state index in [0.29, 0.717) is 13.0 Å². The molecule has 0 aromatic heterocycles. The van der Waals surface area contributed by atoms with Crippen molar-refractivity contribution in [2.45, 2.75) is 75.9 Å². The Balaban J connectivity index is 0. The number of rotatable bonds is 1. The van der Waals surface area contributed by atoms with Crippen LogP contribution in [-0.2, 0) is 36.8 Å². The number of aliphatic hydroxyl groups is 1. The molecule has 12 heteroatoms. The van der Waals surface area contributed by atoms with Crippen LogP contribution in [0.15, 0.2) is 4.99 Å². The molecular formula is C18H35CuN3O7S. The van der Waals surface area contributed by atoms with Crippen LogP contribution in [0.2, 0.25) is 0 Å². The zero-order valence-electron chi connectivity index (χ0n) is 17.2. The van der Waals surface area contributed by atoms with E-state index < -0.39 is 21.3 Å². The number of amides is 2. The topological polar surface area (TPSA) is 177 Å². The fourth-order valence-corrected chi connectivity index (χ4v) is 3.76. The smallest absolute Gasteiger partial charge is 0.276 e. The number of nitrogens with zero attached hydrogens (tertiary/aromatic N) is 1. The largest absolute Gasteiger partial charge is 0.496 e. The average Bonchev–Trinajstić information content (AvgIpc) is 3.10. The van der Waals surface area contributed by atoms with Gasteiger partial charge in [-0.3, -0.25) is 19.1 Å². The Bertz CT molecular complexity index is 585. The van der Waals surface area contributed by atoms with Crippen molar-refractivity contribution in [2.24, 2.45) is 4.99 Å². The quantitative estimate of drug-likeness (QED) is 0.307. The van der Waals surface area contributed by atoms with Crippen molar-refractivity contribution in [3.63, 3.8) is 0 Å². The van der Waals surface area contributed by atoms with E-state index in [1.807, 2.05) is 0 Å². The minimum atomic E-state index is -4.18. The zero-order chi connectivity index (χ0) is 20.8. The van der Waals surface area contributed by atoms with Crippen LogP contribution in [0.4, 0.5) is 0 Å². The van der Waals surface area contributed by atoms with E-state index in [9.17, 15) is 18.0 Å². The molecule has 3 aliphatic heterocycles. The van der Waals surface area contributed by atoms with Gasteiger partial charge >= 0.3 is 0 Å². The van der Waals surface area contributed by atoms with Crippen LogP contribution in [0.3, 0.4) is 0 Å². The molecule has 181 valence electrons. The van der Waals surface area contributed by atoms with Gasteiger partial charge in [-0.25, -0.2) is 0 Å². The molecule has 1 unspecified atom stereocenters. The van der Waals surface area contributed by atoms with Crippen LogP contribution in [-0.4, -0.2) is 66.1 Å². The maximum Gasteiger partial charge on any atom is 0.276 e. The molecule has 0 aliphatic carbocycles. The van der Waals surface area contributed by atoms with Crippen molar-refractivity contribution < 1.29 is 50.2 Å². The van der Waals surface area contributed by atoms with Crippen LogP contribution in [0, 0.1) is 0 Å². The van der Waals surface area contributed by atoms with Crippen molar-refractivity contribution in [2.75, 3.05) is 19.6 Å². The molecule has 6 N–H and O–H groups in total. The summed E-state index contributed by atoms with van der Waals surface area (Å²) in [6.07, 6.45) is 9.99. The SMILES string of the molecule is O.O=C1CCCCCN1.O=C1CCCCCN1.O=S(=O)(O)C1CCCCN=C1O.[Cu]. The van der Waals surface area contributed by atoms with E-state index in [2.05, 4.69) is 15.6 Å². The van der Waals surface area contributed by atoms with Gasteiger partial charge < -0.3 is 21.2 Å². The third kappa shape index (κ3) is 14.7. The van der Waals surface area contributed by atoms with Gasteiger partial charge in [0.15, 0.2) is 5.25 Å². The molecule has 2 saturated heterocycles. The van der Waals surface area contributed by atoms with E-state index in [4.69, 9.17) is 9.66 Å². The third-order valence-electron chi connectivity index (χ3n) is 4.60. The van der Waals surface area contributed by atoms with Gasteiger partial charge in [0.25, 0.3) is 10.1 Å². The normalized spacial score (nSPS) is 22.0. The van der Waals surface area contributed by atoms with Gasteiger partial charge in [0.1, 0.15) is 0 Å². The first-order valence-electron chi connectivity index (χ1n) is 10.0. The molecule has 0 aromatic rings. The van der Waals surface area contributed by atoms with E-state index in [1.165, 1.54) is 12.8 Å².